The van der Waals surface area contributed by atoms with Crippen LogP contribution in [0.3, 0.4) is 0 Å². The third-order valence-electron chi connectivity index (χ3n) is 6.00. The second kappa shape index (κ2) is 15.4. The smallest absolute Gasteiger partial charge is 0.0365 e. The van der Waals surface area contributed by atoms with Gasteiger partial charge in [-0.2, -0.15) is 55.0 Å². The Kier molecular flexibility index (Phi) is 15.1. The molecule has 4 unspecified atom stereocenters. The van der Waals surface area contributed by atoms with Crippen LogP contribution in [0.25, 0.3) is 10.6 Å². The van der Waals surface area contributed by atoms with Gasteiger partial charge in [0.2, 0.25) is 0 Å². The van der Waals surface area contributed by atoms with Crippen molar-refractivity contribution in [3.8, 4) is 0 Å². The molecule has 2 aromatic rings. The fourth-order valence-corrected chi connectivity index (χ4v) is 5.16. The number of anilines is 1. The quantitative estimate of drug-likeness (QED) is 0.303. The number of para-hydroxylation sites is 1. The predicted molar refractivity (Wildman–Crippen MR) is 138 cm³/mol. The maximum Gasteiger partial charge on any atom is 0.0365 e. The third kappa shape index (κ3) is 7.75. The molecular weight excluding hydrogens is 473 g/mol. The third-order valence-corrected chi connectivity index (χ3v) is 6.53. The van der Waals surface area contributed by atoms with Gasteiger partial charge >= 0.3 is 0 Å². The van der Waals surface area contributed by atoms with Crippen molar-refractivity contribution in [1.82, 2.24) is 0 Å². The molecule has 0 aromatic heterocycles. The molecule has 4 atom stereocenters. The Bertz CT molecular complexity index is 775. The molecule has 1 aliphatic heterocycles. The van der Waals surface area contributed by atoms with Crippen LogP contribution in [0.4, 0.5) is 5.69 Å². The Morgan fingerprint density at radius 2 is 1.69 bits per heavy atom. The largest absolute Gasteiger partial charge is 0.668 e. The first kappa shape index (κ1) is 31.5. The molecule has 1 heterocycles. The Morgan fingerprint density at radius 1 is 1.03 bits per heavy atom. The van der Waals surface area contributed by atoms with E-state index in [1.807, 2.05) is 6.07 Å². The summed E-state index contributed by atoms with van der Waals surface area (Å²) < 4.78 is 0. The average Bonchev–Trinajstić information content (AvgIpc) is 2.74. The first-order valence-corrected chi connectivity index (χ1v) is 11.1. The van der Waals surface area contributed by atoms with Crippen molar-refractivity contribution < 1.29 is 21.7 Å². The summed E-state index contributed by atoms with van der Waals surface area (Å²) in [5.74, 6) is 0.683. The van der Waals surface area contributed by atoms with Crippen LogP contribution in [0.2, 0.25) is 10.0 Å². The number of likely N-dealkylation sites (N-methyl/N-ethyl adjacent to an activating group) is 1. The van der Waals surface area contributed by atoms with E-state index in [-0.39, 0.29) is 42.6 Å². The van der Waals surface area contributed by atoms with Gasteiger partial charge in [0.1, 0.15) is 0 Å². The molecule has 178 valence electrons. The fourth-order valence-electron chi connectivity index (χ4n) is 4.64. The van der Waals surface area contributed by atoms with Crippen LogP contribution in [0.1, 0.15) is 43.7 Å². The molecular formula is C26H36Cl2N3Ti-5. The zero-order valence-corrected chi connectivity index (χ0v) is 23.1. The number of fused-ring (bicyclic) bond motifs is 1. The molecule has 0 N–H and O–H groups in total. The molecule has 0 radical (unpaired) electrons. The molecule has 2 aliphatic rings. The minimum absolute atomic E-state index is 0. The molecule has 0 spiro atoms. The number of nitrogens with zero attached hydrogens (tertiary/aromatic N) is 3. The van der Waals surface area contributed by atoms with Crippen molar-refractivity contribution in [1.29, 1.82) is 0 Å². The number of benzene rings is 2. The molecule has 0 bridgehead atoms. The Hall–Kier alpha value is -0.546. The summed E-state index contributed by atoms with van der Waals surface area (Å²) in [6.45, 7) is 0. The molecule has 4 rings (SSSR count). The van der Waals surface area contributed by atoms with Crippen molar-refractivity contribution in [2.45, 2.75) is 50.2 Å². The van der Waals surface area contributed by atoms with Gasteiger partial charge in [0.15, 0.2) is 0 Å². The van der Waals surface area contributed by atoms with Gasteiger partial charge in [-0.05, 0) is 18.6 Å². The minimum atomic E-state index is 0. The first-order valence-electron chi connectivity index (χ1n) is 10.4. The SMILES string of the molecule is CN(c1ccccc1)C1CCCC2CCC(c3[c-]cc(Cl)cc3Cl)[N-]C21.C[N-]C.[CH3-].[CH3-].[Ti]. The molecule has 2 fully saturated rings. The van der Waals surface area contributed by atoms with E-state index in [1.54, 1.807) is 20.2 Å². The Balaban J connectivity index is 0.00000152. The molecule has 1 saturated heterocycles. The molecule has 32 heavy (non-hydrogen) atoms. The van der Waals surface area contributed by atoms with E-state index in [0.29, 0.717) is 28.0 Å². The molecule has 6 heteroatoms. The van der Waals surface area contributed by atoms with Crippen LogP contribution >= 0.6 is 23.2 Å². The van der Waals surface area contributed by atoms with Crippen molar-refractivity contribution in [2.75, 3.05) is 26.0 Å². The van der Waals surface area contributed by atoms with Gasteiger partial charge in [0.25, 0.3) is 0 Å². The van der Waals surface area contributed by atoms with Gasteiger partial charge < -0.3 is 30.4 Å². The average molecular weight is 509 g/mol. The summed E-state index contributed by atoms with van der Waals surface area (Å²) in [5.41, 5.74) is 2.27. The van der Waals surface area contributed by atoms with Crippen LogP contribution < -0.4 is 4.90 Å². The summed E-state index contributed by atoms with van der Waals surface area (Å²) in [6.07, 6.45) is 6.04. The van der Waals surface area contributed by atoms with Gasteiger partial charge in [0.05, 0.1) is 0 Å². The summed E-state index contributed by atoms with van der Waals surface area (Å²) >= 11 is 12.5. The van der Waals surface area contributed by atoms with Gasteiger partial charge in [-0.1, -0.05) is 59.8 Å². The summed E-state index contributed by atoms with van der Waals surface area (Å²) in [5, 5.41) is 10.1. The summed E-state index contributed by atoms with van der Waals surface area (Å²) in [6, 6.07) is 18.5. The van der Waals surface area contributed by atoms with Gasteiger partial charge in [-0.25, -0.2) is 0 Å². The maximum absolute atomic E-state index is 6.45. The minimum Gasteiger partial charge on any atom is -0.668 e. The maximum atomic E-state index is 6.45. The second-order valence-electron chi connectivity index (χ2n) is 7.96. The van der Waals surface area contributed by atoms with Crippen LogP contribution in [0.5, 0.6) is 0 Å². The van der Waals surface area contributed by atoms with E-state index in [2.05, 4.69) is 53.7 Å². The zero-order valence-electron chi connectivity index (χ0n) is 20.0. The molecule has 1 aliphatic carbocycles. The van der Waals surface area contributed by atoms with Crippen molar-refractivity contribution in [2.24, 2.45) is 5.92 Å². The molecule has 1 saturated carbocycles. The van der Waals surface area contributed by atoms with E-state index in [9.17, 15) is 0 Å². The normalized spacial score (nSPS) is 23.7. The standard InChI is InChI=1S/C22H24Cl2N2.C2H6N.2CH3.Ti/c1-26(17-7-3-2-4-8-17)21-9-5-6-15-10-13-20(25-22(15)21)18-12-11-16(23)14-19(18)24;1-3-2;;;/h2-4,7-8,11,14-15,20-22H,5-6,9-10,13H2,1H3;1-2H3;2*1H3;/q-2;3*-1;. The van der Waals surface area contributed by atoms with Crippen LogP contribution in [0, 0.1) is 26.8 Å². The number of rotatable bonds is 3. The van der Waals surface area contributed by atoms with Crippen LogP contribution in [-0.4, -0.2) is 33.2 Å². The number of halogens is 2. The fraction of sp³-hybridized carbons (Fsp3) is 0.462. The summed E-state index contributed by atoms with van der Waals surface area (Å²) in [7, 11) is 5.71. The second-order valence-corrected chi connectivity index (χ2v) is 8.81. The van der Waals surface area contributed by atoms with Crippen molar-refractivity contribution in [3.05, 3.63) is 89.6 Å². The van der Waals surface area contributed by atoms with Crippen molar-refractivity contribution in [3.63, 3.8) is 0 Å². The number of hydrogen-bond acceptors (Lipinski definition) is 1. The Morgan fingerprint density at radius 3 is 2.31 bits per heavy atom. The van der Waals surface area contributed by atoms with Crippen LogP contribution in [0.15, 0.2) is 42.5 Å². The van der Waals surface area contributed by atoms with E-state index < -0.39 is 0 Å². The monoisotopic (exact) mass is 508 g/mol. The van der Waals surface area contributed by atoms with Gasteiger partial charge in [-0.15, -0.1) is 18.2 Å². The number of piperidine rings is 1. The van der Waals surface area contributed by atoms with Crippen molar-refractivity contribution >= 4 is 28.9 Å². The van der Waals surface area contributed by atoms with E-state index in [1.165, 1.54) is 31.4 Å². The predicted octanol–water partition coefficient (Wildman–Crippen LogP) is 8.19. The zero-order chi connectivity index (χ0) is 20.8. The molecule has 0 amide bonds. The topological polar surface area (TPSA) is 31.4 Å². The molecule has 2 aromatic carbocycles. The van der Waals surface area contributed by atoms with Gasteiger partial charge in [-0.3, -0.25) is 0 Å². The van der Waals surface area contributed by atoms with Gasteiger partial charge in [0, 0.05) is 40.5 Å². The van der Waals surface area contributed by atoms with Crippen LogP contribution in [-0.2, 0) is 21.7 Å². The summed E-state index contributed by atoms with van der Waals surface area (Å²) in [4.78, 5) is 2.43. The number of hydrogen-bond donors (Lipinski definition) is 0. The van der Waals surface area contributed by atoms with E-state index in [0.717, 1.165) is 12.0 Å². The van der Waals surface area contributed by atoms with E-state index in [4.69, 9.17) is 28.5 Å². The van der Waals surface area contributed by atoms with E-state index >= 15 is 0 Å². The Labute approximate surface area is 221 Å². The molecule has 3 nitrogen and oxygen atoms in total. The first-order chi connectivity index (χ1) is 14.0.